The van der Waals surface area contributed by atoms with Crippen molar-refractivity contribution in [2.45, 2.75) is 23.8 Å². The van der Waals surface area contributed by atoms with Gasteiger partial charge in [-0.15, -0.1) is 0 Å². The number of sulfone groups is 1. The second-order valence-electron chi connectivity index (χ2n) is 3.75. The fourth-order valence-corrected chi connectivity index (χ4v) is 2.46. The highest BCUT2D eigenvalue weighted by Crippen LogP contribution is 2.19. The topological polar surface area (TPSA) is 118 Å². The summed E-state index contributed by atoms with van der Waals surface area (Å²) in [6, 6.07) is 0.143. The fourth-order valence-electron chi connectivity index (χ4n) is 1.28. The summed E-state index contributed by atoms with van der Waals surface area (Å²) in [5.41, 5.74) is 5.39. The lowest BCUT2D eigenvalue weighted by Gasteiger charge is -2.03. The van der Waals surface area contributed by atoms with Crippen LogP contribution in [0.3, 0.4) is 0 Å². The van der Waals surface area contributed by atoms with E-state index in [4.69, 9.17) is 5.73 Å². The Labute approximate surface area is 92.3 Å². The zero-order valence-electron chi connectivity index (χ0n) is 8.43. The number of amides is 1. The van der Waals surface area contributed by atoms with E-state index < -0.39 is 21.5 Å². The van der Waals surface area contributed by atoms with E-state index in [0.717, 1.165) is 19.0 Å². The zero-order chi connectivity index (χ0) is 11.8. The first-order valence-electron chi connectivity index (χ1n) is 4.80. The summed E-state index contributed by atoms with van der Waals surface area (Å²) < 4.78 is 23.5. The quantitative estimate of drug-likeness (QED) is 0.630. The first-order valence-corrected chi connectivity index (χ1v) is 6.45. The largest absolute Gasteiger partial charge is 0.383 e. The van der Waals surface area contributed by atoms with Crippen LogP contribution >= 0.6 is 0 Å². The standard InChI is InChI=1S/C8H12N4O3S/c9-8-6(3-10-12-8)16(14,15)4-7(13)11-5-1-2-5/h3,5H,1-2,4H2,(H,11,13)(H3,9,10,12). The van der Waals surface area contributed by atoms with Gasteiger partial charge in [0.15, 0.2) is 9.84 Å². The van der Waals surface area contributed by atoms with E-state index in [0.29, 0.717) is 0 Å². The molecule has 8 heteroatoms. The van der Waals surface area contributed by atoms with Crippen molar-refractivity contribution in [2.75, 3.05) is 11.5 Å². The van der Waals surface area contributed by atoms with Gasteiger partial charge in [-0.1, -0.05) is 0 Å². The minimum absolute atomic E-state index is 0.0424. The molecule has 1 amide bonds. The fraction of sp³-hybridized carbons (Fsp3) is 0.500. The summed E-state index contributed by atoms with van der Waals surface area (Å²) in [5, 5.41) is 8.43. The van der Waals surface area contributed by atoms with Crippen LogP contribution in [0, 0.1) is 0 Å². The highest BCUT2D eigenvalue weighted by Gasteiger charge is 2.28. The Kier molecular flexibility index (Phi) is 2.58. The number of anilines is 1. The Morgan fingerprint density at radius 2 is 2.31 bits per heavy atom. The number of nitrogens with one attached hydrogen (secondary N) is 2. The Morgan fingerprint density at radius 1 is 1.62 bits per heavy atom. The molecule has 0 aliphatic heterocycles. The molecule has 1 saturated carbocycles. The molecule has 2 rings (SSSR count). The van der Waals surface area contributed by atoms with Crippen LogP contribution in [0.1, 0.15) is 12.8 Å². The first kappa shape index (κ1) is 10.9. The summed E-state index contributed by atoms with van der Waals surface area (Å²) in [4.78, 5) is 11.2. The van der Waals surface area contributed by atoms with Gasteiger partial charge in [-0.25, -0.2) is 8.42 Å². The third kappa shape index (κ3) is 2.32. The Hall–Kier alpha value is -1.57. The number of aromatic amines is 1. The maximum absolute atomic E-state index is 11.7. The number of nitrogens with zero attached hydrogens (tertiary/aromatic N) is 1. The van der Waals surface area contributed by atoms with Crippen molar-refractivity contribution >= 4 is 21.6 Å². The summed E-state index contributed by atoms with van der Waals surface area (Å²) in [5.74, 6) is -1.13. The van der Waals surface area contributed by atoms with Crippen LogP contribution in [0.2, 0.25) is 0 Å². The average Bonchev–Trinajstić information content (AvgIpc) is 2.84. The molecule has 16 heavy (non-hydrogen) atoms. The van der Waals surface area contributed by atoms with Crippen molar-refractivity contribution < 1.29 is 13.2 Å². The monoisotopic (exact) mass is 244 g/mol. The minimum Gasteiger partial charge on any atom is -0.383 e. The second-order valence-corrected chi connectivity index (χ2v) is 5.71. The summed E-state index contributed by atoms with van der Waals surface area (Å²) in [7, 11) is -3.70. The molecule has 0 saturated heterocycles. The van der Waals surface area contributed by atoms with Gasteiger partial charge < -0.3 is 11.1 Å². The van der Waals surface area contributed by atoms with Gasteiger partial charge in [-0.2, -0.15) is 5.10 Å². The van der Waals surface area contributed by atoms with Crippen molar-refractivity contribution in [3.05, 3.63) is 6.20 Å². The molecular formula is C8H12N4O3S. The highest BCUT2D eigenvalue weighted by molar-refractivity contribution is 7.92. The molecule has 0 bridgehead atoms. The Morgan fingerprint density at radius 3 is 2.81 bits per heavy atom. The molecule has 1 aliphatic carbocycles. The van der Waals surface area contributed by atoms with Crippen molar-refractivity contribution in [1.29, 1.82) is 0 Å². The average molecular weight is 244 g/mol. The number of hydrogen-bond donors (Lipinski definition) is 3. The van der Waals surface area contributed by atoms with E-state index in [1.165, 1.54) is 0 Å². The van der Waals surface area contributed by atoms with Gasteiger partial charge in [0.25, 0.3) is 0 Å². The van der Waals surface area contributed by atoms with Crippen LogP contribution in [0.5, 0.6) is 0 Å². The summed E-state index contributed by atoms with van der Waals surface area (Å²) in [6.07, 6.45) is 2.94. The van der Waals surface area contributed by atoms with Crippen LogP contribution in [-0.2, 0) is 14.6 Å². The summed E-state index contributed by atoms with van der Waals surface area (Å²) >= 11 is 0. The molecule has 88 valence electrons. The van der Waals surface area contributed by atoms with E-state index in [-0.39, 0.29) is 16.8 Å². The second kappa shape index (κ2) is 3.78. The lowest BCUT2D eigenvalue weighted by Crippen LogP contribution is -2.31. The van der Waals surface area contributed by atoms with E-state index >= 15 is 0 Å². The van der Waals surface area contributed by atoms with Crippen LogP contribution in [0.15, 0.2) is 11.1 Å². The Balaban J connectivity index is 2.07. The van der Waals surface area contributed by atoms with Crippen LogP contribution in [0.25, 0.3) is 0 Å². The van der Waals surface area contributed by atoms with Gasteiger partial charge in [0.2, 0.25) is 5.91 Å². The van der Waals surface area contributed by atoms with E-state index in [9.17, 15) is 13.2 Å². The Bertz CT molecular complexity index is 503. The molecule has 1 aromatic heterocycles. The van der Waals surface area contributed by atoms with Crippen molar-refractivity contribution in [3.63, 3.8) is 0 Å². The van der Waals surface area contributed by atoms with Crippen molar-refractivity contribution in [1.82, 2.24) is 15.5 Å². The molecule has 0 unspecified atom stereocenters. The molecule has 4 N–H and O–H groups in total. The lowest BCUT2D eigenvalue weighted by molar-refractivity contribution is -0.118. The number of carbonyl (C=O) groups is 1. The van der Waals surface area contributed by atoms with Gasteiger partial charge in [0, 0.05) is 6.04 Å². The molecule has 1 aromatic rings. The molecule has 0 spiro atoms. The van der Waals surface area contributed by atoms with Gasteiger partial charge in [0.1, 0.15) is 16.5 Å². The maximum atomic E-state index is 11.7. The number of carbonyl (C=O) groups excluding carboxylic acids is 1. The lowest BCUT2D eigenvalue weighted by atomic mass is 10.6. The number of H-pyrrole nitrogens is 1. The van der Waals surface area contributed by atoms with E-state index in [1.54, 1.807) is 0 Å². The molecular weight excluding hydrogens is 232 g/mol. The predicted octanol–water partition coefficient (Wildman–Crippen LogP) is -0.956. The maximum Gasteiger partial charge on any atom is 0.235 e. The van der Waals surface area contributed by atoms with E-state index in [2.05, 4.69) is 15.5 Å². The molecule has 7 nitrogen and oxygen atoms in total. The van der Waals surface area contributed by atoms with Gasteiger partial charge in [-0.3, -0.25) is 9.89 Å². The number of aromatic nitrogens is 2. The van der Waals surface area contributed by atoms with E-state index in [1.807, 2.05) is 0 Å². The third-order valence-corrected chi connectivity index (χ3v) is 3.87. The third-order valence-electron chi connectivity index (χ3n) is 2.23. The molecule has 1 heterocycles. The van der Waals surface area contributed by atoms with Crippen LogP contribution in [-0.4, -0.2) is 36.3 Å². The van der Waals surface area contributed by atoms with Crippen LogP contribution in [0.4, 0.5) is 5.82 Å². The predicted molar refractivity (Wildman–Crippen MR) is 56.2 cm³/mol. The van der Waals surface area contributed by atoms with Crippen LogP contribution < -0.4 is 11.1 Å². The number of rotatable bonds is 4. The molecule has 1 fully saturated rings. The number of hydrogen-bond acceptors (Lipinski definition) is 5. The van der Waals surface area contributed by atoms with Crippen molar-refractivity contribution in [2.24, 2.45) is 0 Å². The zero-order valence-corrected chi connectivity index (χ0v) is 9.25. The molecule has 0 aromatic carbocycles. The summed E-state index contributed by atoms with van der Waals surface area (Å²) in [6.45, 7) is 0. The number of nitrogen functional groups attached to an aromatic ring is 1. The minimum atomic E-state index is -3.70. The molecule has 0 radical (unpaired) electrons. The first-order chi connectivity index (χ1) is 7.49. The van der Waals surface area contributed by atoms with Gasteiger partial charge >= 0.3 is 0 Å². The normalized spacial score (nSPS) is 16.0. The number of nitrogens with two attached hydrogens (primary N) is 1. The SMILES string of the molecule is Nc1[nH]ncc1S(=O)(=O)CC(=O)NC1CC1. The van der Waals surface area contributed by atoms with Crippen molar-refractivity contribution in [3.8, 4) is 0 Å². The van der Waals surface area contributed by atoms with Gasteiger partial charge in [-0.05, 0) is 12.8 Å². The molecule has 1 aliphatic rings. The van der Waals surface area contributed by atoms with Gasteiger partial charge in [0.05, 0.1) is 6.20 Å². The highest BCUT2D eigenvalue weighted by atomic mass is 32.2. The molecule has 0 atom stereocenters. The smallest absolute Gasteiger partial charge is 0.235 e.